The summed E-state index contributed by atoms with van der Waals surface area (Å²) in [6.45, 7) is 0. The summed E-state index contributed by atoms with van der Waals surface area (Å²) in [7, 11) is 1.23. The Morgan fingerprint density at radius 3 is 2.63 bits per heavy atom. The normalized spacial score (nSPS) is 15.5. The fraction of sp³-hybridized carbons (Fsp3) is 0.462. The van der Waals surface area contributed by atoms with Gasteiger partial charge in [0.1, 0.15) is 5.94 Å². The minimum Gasteiger partial charge on any atom is -0.469 e. The molecule has 19 heavy (non-hydrogen) atoms. The Bertz CT molecular complexity index is 466. The lowest BCUT2D eigenvalue weighted by Gasteiger charge is -2.19. The van der Waals surface area contributed by atoms with Gasteiger partial charge in [0.25, 0.3) is 0 Å². The molecule has 0 bridgehead atoms. The molecular weight excluding hydrogens is 261 g/mol. The predicted octanol–water partition coefficient (Wildman–Crippen LogP) is 2.91. The summed E-state index contributed by atoms with van der Waals surface area (Å²) in [5.41, 5.74) is -0.655. The van der Waals surface area contributed by atoms with Crippen LogP contribution in [-0.4, -0.2) is 25.2 Å². The van der Waals surface area contributed by atoms with Crippen molar-refractivity contribution in [2.75, 3.05) is 7.11 Å². The zero-order valence-electron chi connectivity index (χ0n) is 10.3. The van der Waals surface area contributed by atoms with Crippen LogP contribution in [0.4, 0.5) is 13.2 Å². The van der Waals surface area contributed by atoms with Crippen molar-refractivity contribution in [2.24, 2.45) is 0 Å². The van der Waals surface area contributed by atoms with Crippen molar-refractivity contribution < 1.29 is 27.5 Å². The minimum atomic E-state index is -4.48. The molecular formula is C13H13F3O3. The lowest BCUT2D eigenvalue weighted by molar-refractivity contribution is -0.140. The molecule has 0 aromatic heterocycles. The summed E-state index contributed by atoms with van der Waals surface area (Å²) in [4.78, 5) is 21.3. The molecule has 0 saturated carbocycles. The zero-order chi connectivity index (χ0) is 14.5. The van der Waals surface area contributed by atoms with E-state index in [9.17, 15) is 22.8 Å². The van der Waals surface area contributed by atoms with Gasteiger partial charge in [-0.25, -0.2) is 4.79 Å². The van der Waals surface area contributed by atoms with Crippen LogP contribution in [-0.2, 0) is 14.3 Å². The van der Waals surface area contributed by atoms with Crippen LogP contribution in [0.25, 0.3) is 0 Å². The van der Waals surface area contributed by atoms with Crippen molar-refractivity contribution in [1.29, 1.82) is 0 Å². The van der Waals surface area contributed by atoms with Crippen molar-refractivity contribution in [3.63, 3.8) is 0 Å². The molecule has 0 atom stereocenters. The highest BCUT2D eigenvalue weighted by Crippen LogP contribution is 2.37. The molecule has 0 spiro atoms. The Labute approximate surface area is 108 Å². The third-order valence-electron chi connectivity index (χ3n) is 2.77. The zero-order valence-corrected chi connectivity index (χ0v) is 10.3. The second-order valence-electron chi connectivity index (χ2n) is 4.07. The number of esters is 1. The maximum atomic E-state index is 12.8. The second kappa shape index (κ2) is 6.38. The SMILES string of the molecule is COC(=O)CCCC1=C(C(F)(F)F)CC(=C=O)C=C1. The highest BCUT2D eigenvalue weighted by atomic mass is 19.4. The van der Waals surface area contributed by atoms with Crippen molar-refractivity contribution in [3.8, 4) is 0 Å². The molecule has 0 aliphatic heterocycles. The van der Waals surface area contributed by atoms with Crippen LogP contribution in [0, 0.1) is 0 Å². The first-order chi connectivity index (χ1) is 8.88. The summed E-state index contributed by atoms with van der Waals surface area (Å²) in [6, 6.07) is 0. The fourth-order valence-corrected chi connectivity index (χ4v) is 1.78. The van der Waals surface area contributed by atoms with Gasteiger partial charge >= 0.3 is 12.1 Å². The van der Waals surface area contributed by atoms with Gasteiger partial charge < -0.3 is 4.74 Å². The van der Waals surface area contributed by atoms with E-state index in [0.717, 1.165) is 0 Å². The first-order valence-corrected chi connectivity index (χ1v) is 5.66. The number of ether oxygens (including phenoxy) is 1. The minimum absolute atomic E-state index is 0.0240. The maximum Gasteiger partial charge on any atom is 0.413 e. The quantitative estimate of drug-likeness (QED) is 0.585. The van der Waals surface area contributed by atoms with Gasteiger partial charge in [-0.2, -0.15) is 13.2 Å². The number of alkyl halides is 3. The molecule has 6 heteroatoms. The van der Waals surface area contributed by atoms with E-state index in [1.54, 1.807) is 0 Å². The first kappa shape index (κ1) is 15.2. The van der Waals surface area contributed by atoms with Crippen LogP contribution in [0.3, 0.4) is 0 Å². The number of hydrogen-bond acceptors (Lipinski definition) is 3. The largest absolute Gasteiger partial charge is 0.469 e. The van der Waals surface area contributed by atoms with Crippen LogP contribution in [0.1, 0.15) is 25.7 Å². The third-order valence-corrected chi connectivity index (χ3v) is 2.77. The molecule has 104 valence electrons. The van der Waals surface area contributed by atoms with Crippen LogP contribution in [0.2, 0.25) is 0 Å². The standard InChI is InChI=1S/C13H13F3O3/c1-19-12(18)4-2-3-10-6-5-9(8-17)7-11(10)13(14,15)16/h5-6H,2-4,7H2,1H3. The first-order valence-electron chi connectivity index (χ1n) is 5.66. The van der Waals surface area contributed by atoms with E-state index < -0.39 is 24.1 Å². The molecule has 1 aliphatic rings. The summed E-state index contributed by atoms with van der Waals surface area (Å²) in [5, 5.41) is 0. The molecule has 0 aromatic carbocycles. The Morgan fingerprint density at radius 1 is 1.42 bits per heavy atom. The number of carbonyl (C=O) groups excluding carboxylic acids is 2. The highest BCUT2D eigenvalue weighted by Gasteiger charge is 2.36. The van der Waals surface area contributed by atoms with E-state index in [4.69, 9.17) is 0 Å². The Hall–Kier alpha value is -1.81. The van der Waals surface area contributed by atoms with Crippen LogP contribution < -0.4 is 0 Å². The van der Waals surface area contributed by atoms with E-state index in [1.807, 2.05) is 0 Å². The smallest absolute Gasteiger partial charge is 0.413 e. The van der Waals surface area contributed by atoms with Gasteiger partial charge in [0.2, 0.25) is 0 Å². The highest BCUT2D eigenvalue weighted by molar-refractivity contribution is 5.69. The van der Waals surface area contributed by atoms with Crippen molar-refractivity contribution in [1.82, 2.24) is 0 Å². The Balaban J connectivity index is 2.82. The number of hydrogen-bond donors (Lipinski definition) is 0. The van der Waals surface area contributed by atoms with Gasteiger partial charge in [-0.05, 0) is 24.5 Å². The number of allylic oxidation sites excluding steroid dienone is 5. The maximum absolute atomic E-state index is 12.8. The number of rotatable bonds is 4. The monoisotopic (exact) mass is 274 g/mol. The summed E-state index contributed by atoms with van der Waals surface area (Å²) in [6.07, 6.45) is -1.89. The molecule has 0 fully saturated rings. The average molecular weight is 274 g/mol. The van der Waals surface area contributed by atoms with E-state index in [-0.39, 0.29) is 30.4 Å². The van der Waals surface area contributed by atoms with Crippen molar-refractivity contribution in [2.45, 2.75) is 31.9 Å². The molecule has 0 N–H and O–H groups in total. The molecule has 0 aromatic rings. The molecule has 1 rings (SSSR count). The number of carbonyl (C=O) groups is 1. The van der Waals surface area contributed by atoms with Gasteiger partial charge in [-0.1, -0.05) is 6.08 Å². The van der Waals surface area contributed by atoms with Crippen molar-refractivity contribution >= 4 is 11.9 Å². The third kappa shape index (κ3) is 4.41. The lowest BCUT2D eigenvalue weighted by Crippen LogP contribution is -2.17. The molecule has 0 saturated heterocycles. The summed E-state index contributed by atoms with van der Waals surface area (Å²) < 4.78 is 42.9. The van der Waals surface area contributed by atoms with Gasteiger partial charge in [0.15, 0.2) is 0 Å². The van der Waals surface area contributed by atoms with E-state index in [0.29, 0.717) is 0 Å². The molecule has 0 unspecified atom stereocenters. The number of methoxy groups -OCH3 is 1. The molecule has 1 aliphatic carbocycles. The van der Waals surface area contributed by atoms with E-state index in [1.165, 1.54) is 25.2 Å². The van der Waals surface area contributed by atoms with E-state index in [2.05, 4.69) is 4.74 Å². The summed E-state index contributed by atoms with van der Waals surface area (Å²) >= 11 is 0. The number of halogens is 3. The van der Waals surface area contributed by atoms with Gasteiger partial charge in [0, 0.05) is 24.0 Å². The fourth-order valence-electron chi connectivity index (χ4n) is 1.78. The molecule has 3 nitrogen and oxygen atoms in total. The van der Waals surface area contributed by atoms with Gasteiger partial charge in [-0.3, -0.25) is 4.79 Å². The van der Waals surface area contributed by atoms with Crippen LogP contribution in [0.15, 0.2) is 28.9 Å². The molecule has 0 amide bonds. The topological polar surface area (TPSA) is 43.4 Å². The Kier molecular flexibility index (Phi) is 5.12. The molecule has 0 heterocycles. The van der Waals surface area contributed by atoms with Crippen LogP contribution in [0.5, 0.6) is 0 Å². The van der Waals surface area contributed by atoms with Crippen molar-refractivity contribution in [3.05, 3.63) is 28.9 Å². The van der Waals surface area contributed by atoms with Gasteiger partial charge in [-0.15, -0.1) is 0 Å². The average Bonchev–Trinajstić information content (AvgIpc) is 2.37. The Morgan fingerprint density at radius 2 is 2.11 bits per heavy atom. The molecule has 0 radical (unpaired) electrons. The van der Waals surface area contributed by atoms with Gasteiger partial charge in [0.05, 0.1) is 7.11 Å². The van der Waals surface area contributed by atoms with E-state index >= 15 is 0 Å². The summed E-state index contributed by atoms with van der Waals surface area (Å²) in [5.74, 6) is 1.03. The second-order valence-corrected chi connectivity index (χ2v) is 4.07. The van der Waals surface area contributed by atoms with Crippen LogP contribution >= 0.6 is 0 Å². The lowest BCUT2D eigenvalue weighted by atomic mass is 9.91. The predicted molar refractivity (Wildman–Crippen MR) is 61.9 cm³/mol.